The SMILES string of the molecule is CCC(O)CNCc1nc2ccccc2n1CC. The lowest BCUT2D eigenvalue weighted by Gasteiger charge is -2.10. The number of benzene rings is 1. The molecule has 2 rings (SSSR count). The zero-order valence-electron chi connectivity index (χ0n) is 11.1. The predicted molar refractivity (Wildman–Crippen MR) is 73.4 cm³/mol. The van der Waals surface area contributed by atoms with Crippen LogP contribution in [0.15, 0.2) is 24.3 Å². The average Bonchev–Trinajstić information content (AvgIpc) is 2.75. The van der Waals surface area contributed by atoms with Crippen LogP contribution in [0.3, 0.4) is 0 Å². The van der Waals surface area contributed by atoms with Gasteiger partial charge in [-0.2, -0.15) is 0 Å². The van der Waals surface area contributed by atoms with Crippen LogP contribution in [0.25, 0.3) is 11.0 Å². The molecule has 0 aliphatic carbocycles. The standard InChI is InChI=1S/C14H21N3O/c1-3-11(18)9-15-10-14-16-12-7-5-6-8-13(12)17(14)4-2/h5-8,11,15,18H,3-4,9-10H2,1-2H3. The minimum atomic E-state index is -0.274. The Labute approximate surface area is 108 Å². The van der Waals surface area contributed by atoms with Crippen LogP contribution in [0.4, 0.5) is 0 Å². The smallest absolute Gasteiger partial charge is 0.123 e. The number of hydrogen-bond donors (Lipinski definition) is 2. The zero-order valence-corrected chi connectivity index (χ0v) is 11.1. The van der Waals surface area contributed by atoms with Gasteiger partial charge in [0, 0.05) is 13.1 Å². The Balaban J connectivity index is 2.12. The van der Waals surface area contributed by atoms with Crippen LogP contribution in [-0.2, 0) is 13.1 Å². The summed E-state index contributed by atoms with van der Waals surface area (Å²) in [4.78, 5) is 4.63. The Morgan fingerprint density at radius 3 is 2.83 bits per heavy atom. The highest BCUT2D eigenvalue weighted by Gasteiger charge is 2.08. The van der Waals surface area contributed by atoms with Gasteiger partial charge in [0.25, 0.3) is 0 Å². The second-order valence-electron chi connectivity index (χ2n) is 4.45. The van der Waals surface area contributed by atoms with Crippen LogP contribution in [0.5, 0.6) is 0 Å². The molecule has 18 heavy (non-hydrogen) atoms. The van der Waals surface area contributed by atoms with E-state index in [2.05, 4.69) is 27.9 Å². The molecule has 1 aromatic carbocycles. The van der Waals surface area contributed by atoms with Gasteiger partial charge in [0.15, 0.2) is 0 Å². The van der Waals surface area contributed by atoms with Gasteiger partial charge in [0.1, 0.15) is 5.82 Å². The van der Waals surface area contributed by atoms with Crippen molar-refractivity contribution in [3.05, 3.63) is 30.1 Å². The lowest BCUT2D eigenvalue weighted by atomic mass is 10.3. The highest BCUT2D eigenvalue weighted by molar-refractivity contribution is 5.75. The number of para-hydroxylation sites is 2. The third kappa shape index (κ3) is 2.71. The number of aliphatic hydroxyl groups is 1. The van der Waals surface area contributed by atoms with E-state index in [1.165, 1.54) is 5.52 Å². The molecule has 4 heteroatoms. The van der Waals surface area contributed by atoms with Gasteiger partial charge in [-0.3, -0.25) is 0 Å². The van der Waals surface area contributed by atoms with Gasteiger partial charge in [0.2, 0.25) is 0 Å². The number of aromatic nitrogens is 2. The second-order valence-corrected chi connectivity index (χ2v) is 4.45. The zero-order chi connectivity index (χ0) is 13.0. The minimum Gasteiger partial charge on any atom is -0.392 e. The van der Waals surface area contributed by atoms with E-state index >= 15 is 0 Å². The van der Waals surface area contributed by atoms with Crippen molar-refractivity contribution in [1.82, 2.24) is 14.9 Å². The fraction of sp³-hybridized carbons (Fsp3) is 0.500. The lowest BCUT2D eigenvalue weighted by molar-refractivity contribution is 0.166. The third-order valence-corrected chi connectivity index (χ3v) is 3.18. The van der Waals surface area contributed by atoms with Crippen molar-refractivity contribution in [3.63, 3.8) is 0 Å². The Hall–Kier alpha value is -1.39. The van der Waals surface area contributed by atoms with Crippen molar-refractivity contribution in [2.75, 3.05) is 6.54 Å². The maximum absolute atomic E-state index is 9.51. The highest BCUT2D eigenvalue weighted by Crippen LogP contribution is 2.15. The molecular formula is C14H21N3O. The van der Waals surface area contributed by atoms with E-state index < -0.39 is 0 Å². The number of imidazole rings is 1. The summed E-state index contributed by atoms with van der Waals surface area (Å²) in [5.74, 6) is 1.03. The summed E-state index contributed by atoms with van der Waals surface area (Å²) in [6.07, 6.45) is 0.501. The molecule has 98 valence electrons. The molecule has 2 N–H and O–H groups in total. The van der Waals surface area contributed by atoms with Crippen molar-refractivity contribution in [3.8, 4) is 0 Å². The molecule has 0 saturated carbocycles. The molecule has 1 aromatic heterocycles. The number of nitrogens with zero attached hydrogens (tertiary/aromatic N) is 2. The van der Waals surface area contributed by atoms with Crippen molar-refractivity contribution in [2.24, 2.45) is 0 Å². The maximum Gasteiger partial charge on any atom is 0.123 e. The van der Waals surface area contributed by atoms with Gasteiger partial charge in [-0.05, 0) is 25.5 Å². The summed E-state index contributed by atoms with van der Waals surface area (Å²) in [7, 11) is 0. The van der Waals surface area contributed by atoms with E-state index in [1.807, 2.05) is 25.1 Å². The molecule has 2 aromatic rings. The fourth-order valence-corrected chi connectivity index (χ4v) is 2.11. The van der Waals surface area contributed by atoms with Gasteiger partial charge in [-0.15, -0.1) is 0 Å². The molecular weight excluding hydrogens is 226 g/mol. The van der Waals surface area contributed by atoms with Crippen molar-refractivity contribution in [2.45, 2.75) is 39.5 Å². The monoisotopic (exact) mass is 247 g/mol. The lowest BCUT2D eigenvalue weighted by Crippen LogP contribution is -2.26. The van der Waals surface area contributed by atoms with Crippen LogP contribution in [0.1, 0.15) is 26.1 Å². The normalized spacial score (nSPS) is 13.1. The number of aryl methyl sites for hydroxylation is 1. The number of fused-ring (bicyclic) bond motifs is 1. The van der Waals surface area contributed by atoms with Crippen LogP contribution >= 0.6 is 0 Å². The van der Waals surface area contributed by atoms with Crippen LogP contribution in [0.2, 0.25) is 0 Å². The number of hydrogen-bond acceptors (Lipinski definition) is 3. The first kappa shape index (κ1) is 13.1. The van der Waals surface area contributed by atoms with Gasteiger partial charge < -0.3 is 15.0 Å². The predicted octanol–water partition coefficient (Wildman–Crippen LogP) is 1.92. The molecule has 0 fully saturated rings. The topological polar surface area (TPSA) is 50.1 Å². The highest BCUT2D eigenvalue weighted by atomic mass is 16.3. The molecule has 0 bridgehead atoms. The van der Waals surface area contributed by atoms with E-state index in [0.29, 0.717) is 13.1 Å². The molecule has 1 atom stereocenters. The molecule has 4 nitrogen and oxygen atoms in total. The summed E-state index contributed by atoms with van der Waals surface area (Å²) in [5, 5.41) is 12.8. The van der Waals surface area contributed by atoms with Gasteiger partial charge in [-0.1, -0.05) is 19.1 Å². The van der Waals surface area contributed by atoms with Gasteiger partial charge in [-0.25, -0.2) is 4.98 Å². The molecule has 1 unspecified atom stereocenters. The summed E-state index contributed by atoms with van der Waals surface area (Å²) < 4.78 is 2.21. The first-order valence-corrected chi connectivity index (χ1v) is 6.59. The quantitative estimate of drug-likeness (QED) is 0.820. The fourth-order valence-electron chi connectivity index (χ4n) is 2.11. The van der Waals surface area contributed by atoms with E-state index in [4.69, 9.17) is 0 Å². The van der Waals surface area contributed by atoms with Crippen molar-refractivity contribution in [1.29, 1.82) is 0 Å². The molecule has 0 saturated heterocycles. The van der Waals surface area contributed by atoms with E-state index in [-0.39, 0.29) is 6.10 Å². The molecule has 0 spiro atoms. The molecule has 0 amide bonds. The van der Waals surface area contributed by atoms with E-state index in [0.717, 1.165) is 24.3 Å². The Kier molecular flexibility index (Phi) is 4.33. The molecule has 1 heterocycles. The van der Waals surface area contributed by atoms with Gasteiger partial charge in [0.05, 0.1) is 23.7 Å². The molecule has 0 radical (unpaired) electrons. The largest absolute Gasteiger partial charge is 0.392 e. The Morgan fingerprint density at radius 2 is 2.11 bits per heavy atom. The van der Waals surface area contributed by atoms with Crippen LogP contribution in [0, 0.1) is 0 Å². The number of aliphatic hydroxyl groups excluding tert-OH is 1. The van der Waals surface area contributed by atoms with Crippen LogP contribution < -0.4 is 5.32 Å². The third-order valence-electron chi connectivity index (χ3n) is 3.18. The molecule has 0 aliphatic heterocycles. The minimum absolute atomic E-state index is 0.274. The maximum atomic E-state index is 9.51. The Bertz CT molecular complexity index is 507. The van der Waals surface area contributed by atoms with Gasteiger partial charge >= 0.3 is 0 Å². The summed E-state index contributed by atoms with van der Waals surface area (Å²) >= 11 is 0. The molecule has 0 aliphatic rings. The summed E-state index contributed by atoms with van der Waals surface area (Å²) in [5.41, 5.74) is 2.21. The van der Waals surface area contributed by atoms with Crippen molar-refractivity contribution < 1.29 is 5.11 Å². The van der Waals surface area contributed by atoms with Crippen molar-refractivity contribution >= 4 is 11.0 Å². The first-order valence-electron chi connectivity index (χ1n) is 6.59. The first-order chi connectivity index (χ1) is 8.76. The van der Waals surface area contributed by atoms with E-state index in [1.54, 1.807) is 0 Å². The summed E-state index contributed by atoms with van der Waals surface area (Å²) in [6, 6.07) is 8.17. The average molecular weight is 247 g/mol. The Morgan fingerprint density at radius 1 is 1.33 bits per heavy atom. The number of nitrogens with one attached hydrogen (secondary N) is 1. The second kappa shape index (κ2) is 5.98. The van der Waals surface area contributed by atoms with E-state index in [9.17, 15) is 5.11 Å². The number of rotatable bonds is 6. The van der Waals surface area contributed by atoms with Crippen LogP contribution in [-0.4, -0.2) is 27.3 Å². The summed E-state index contributed by atoms with van der Waals surface area (Å²) in [6.45, 7) is 6.32.